The van der Waals surface area contributed by atoms with E-state index in [1.807, 2.05) is 12.1 Å². The van der Waals surface area contributed by atoms with Gasteiger partial charge in [-0.05, 0) is 36.3 Å². The first-order valence-corrected chi connectivity index (χ1v) is 8.14. The Morgan fingerprint density at radius 3 is 2.84 bits per heavy atom. The molecule has 0 bridgehead atoms. The van der Waals surface area contributed by atoms with Crippen molar-refractivity contribution in [3.63, 3.8) is 0 Å². The van der Waals surface area contributed by atoms with Crippen molar-refractivity contribution >= 4 is 27.2 Å². The van der Waals surface area contributed by atoms with Crippen LogP contribution in [0.4, 0.5) is 0 Å². The van der Waals surface area contributed by atoms with Crippen LogP contribution < -0.4 is 0 Å². The lowest BCUT2D eigenvalue weighted by atomic mass is 9.75. The monoisotopic (exact) mass is 272 g/mol. The van der Waals surface area contributed by atoms with Gasteiger partial charge in [-0.3, -0.25) is 4.79 Å². The molecule has 0 spiro atoms. The molecule has 2 unspecified atom stereocenters. The van der Waals surface area contributed by atoms with Crippen LogP contribution in [0.5, 0.6) is 0 Å². The number of rotatable bonds is 3. The maximum atomic E-state index is 12.7. The molecule has 1 aliphatic carbocycles. The molecule has 1 aromatic carbocycles. The van der Waals surface area contributed by atoms with Crippen molar-refractivity contribution in [2.75, 3.05) is 0 Å². The molecule has 1 fully saturated rings. The highest BCUT2D eigenvalue weighted by molar-refractivity contribution is 7.20. The fourth-order valence-corrected chi connectivity index (χ4v) is 4.39. The van der Waals surface area contributed by atoms with Gasteiger partial charge in [0.2, 0.25) is 0 Å². The third-order valence-corrected chi connectivity index (χ3v) is 5.57. The van der Waals surface area contributed by atoms with E-state index in [1.54, 1.807) is 11.3 Å². The molecule has 1 saturated carbocycles. The molecule has 0 aliphatic heterocycles. The Hall–Kier alpha value is -1.15. The molecule has 100 valence electrons. The van der Waals surface area contributed by atoms with Gasteiger partial charge >= 0.3 is 0 Å². The van der Waals surface area contributed by atoms with Crippen molar-refractivity contribution in [1.82, 2.24) is 0 Å². The van der Waals surface area contributed by atoms with Crippen molar-refractivity contribution in [2.45, 2.75) is 39.0 Å². The Morgan fingerprint density at radius 1 is 1.26 bits per heavy atom. The molecule has 1 aliphatic rings. The van der Waals surface area contributed by atoms with Crippen LogP contribution in [-0.4, -0.2) is 5.78 Å². The predicted molar refractivity (Wildman–Crippen MR) is 81.9 cm³/mol. The number of thiophene rings is 1. The largest absolute Gasteiger partial charge is 0.293 e. The smallest absolute Gasteiger partial charge is 0.176 e. The Bertz CT molecular complexity index is 551. The first-order valence-electron chi connectivity index (χ1n) is 7.32. The van der Waals surface area contributed by atoms with E-state index in [2.05, 4.69) is 25.1 Å². The molecule has 0 amide bonds. The van der Waals surface area contributed by atoms with Crippen molar-refractivity contribution in [1.29, 1.82) is 0 Å². The zero-order valence-corrected chi connectivity index (χ0v) is 12.2. The number of benzene rings is 1. The third-order valence-electron chi connectivity index (χ3n) is 4.44. The summed E-state index contributed by atoms with van der Waals surface area (Å²) in [5.41, 5.74) is 0. The maximum absolute atomic E-state index is 12.7. The van der Waals surface area contributed by atoms with Crippen LogP contribution >= 0.6 is 11.3 Å². The summed E-state index contributed by atoms with van der Waals surface area (Å²) >= 11 is 1.66. The summed E-state index contributed by atoms with van der Waals surface area (Å²) in [6, 6.07) is 10.4. The van der Waals surface area contributed by atoms with Gasteiger partial charge in [0.1, 0.15) is 0 Å². The summed E-state index contributed by atoms with van der Waals surface area (Å²) < 4.78 is 1.23. The van der Waals surface area contributed by atoms with E-state index in [0.29, 0.717) is 11.7 Å². The molecule has 0 radical (unpaired) electrons. The zero-order chi connectivity index (χ0) is 13.2. The summed E-state index contributed by atoms with van der Waals surface area (Å²) in [4.78, 5) is 13.7. The zero-order valence-electron chi connectivity index (χ0n) is 11.4. The van der Waals surface area contributed by atoms with Gasteiger partial charge in [-0.2, -0.15) is 0 Å². The van der Waals surface area contributed by atoms with E-state index >= 15 is 0 Å². The number of ketones is 1. The van der Waals surface area contributed by atoms with Gasteiger partial charge in [0.25, 0.3) is 0 Å². The van der Waals surface area contributed by atoms with Crippen molar-refractivity contribution in [3.8, 4) is 0 Å². The second kappa shape index (κ2) is 5.46. The topological polar surface area (TPSA) is 17.1 Å². The highest BCUT2D eigenvalue weighted by atomic mass is 32.1. The van der Waals surface area contributed by atoms with Gasteiger partial charge in [-0.1, -0.05) is 44.4 Å². The second-order valence-electron chi connectivity index (χ2n) is 5.57. The lowest BCUT2D eigenvalue weighted by Gasteiger charge is -2.29. The van der Waals surface area contributed by atoms with Crippen LogP contribution in [0.1, 0.15) is 48.7 Å². The number of fused-ring (bicyclic) bond motifs is 1. The summed E-state index contributed by atoms with van der Waals surface area (Å²) in [7, 11) is 0. The minimum atomic E-state index is 0.270. The fourth-order valence-electron chi connectivity index (χ4n) is 3.33. The number of Topliss-reactive ketones (excluding diaryl/α,β-unsaturated/α-hetero) is 1. The van der Waals surface area contributed by atoms with Crippen LogP contribution in [0.15, 0.2) is 30.3 Å². The highest BCUT2D eigenvalue weighted by Gasteiger charge is 2.30. The van der Waals surface area contributed by atoms with Crippen molar-refractivity contribution in [3.05, 3.63) is 35.2 Å². The first kappa shape index (κ1) is 12.9. The van der Waals surface area contributed by atoms with E-state index in [-0.39, 0.29) is 5.92 Å². The summed E-state index contributed by atoms with van der Waals surface area (Å²) in [5.74, 6) is 1.27. The quantitative estimate of drug-likeness (QED) is 0.693. The number of hydrogen-bond acceptors (Lipinski definition) is 2. The van der Waals surface area contributed by atoms with Gasteiger partial charge in [-0.25, -0.2) is 0 Å². The molecular formula is C17H20OS. The minimum absolute atomic E-state index is 0.270. The standard InChI is InChI=1S/C17H20OS/c1-2-12-7-3-5-9-14(12)17(18)16-11-13-8-4-6-10-15(13)19-16/h4,6,8,10-12,14H,2-3,5,7,9H2,1H3. The highest BCUT2D eigenvalue weighted by Crippen LogP contribution is 2.36. The second-order valence-corrected chi connectivity index (χ2v) is 6.66. The van der Waals surface area contributed by atoms with Crippen LogP contribution in [-0.2, 0) is 0 Å². The van der Waals surface area contributed by atoms with Crippen LogP contribution in [0.3, 0.4) is 0 Å². The molecule has 1 heterocycles. The SMILES string of the molecule is CCC1CCCCC1C(=O)c1cc2ccccc2s1. The molecule has 2 heteroatoms. The molecule has 3 rings (SSSR count). The van der Waals surface area contributed by atoms with E-state index in [4.69, 9.17) is 0 Å². The molecule has 1 aromatic heterocycles. The van der Waals surface area contributed by atoms with E-state index in [0.717, 1.165) is 17.7 Å². The minimum Gasteiger partial charge on any atom is -0.293 e. The summed E-state index contributed by atoms with van der Waals surface area (Å²) in [6.07, 6.45) is 5.98. The van der Waals surface area contributed by atoms with Crippen LogP contribution in [0.25, 0.3) is 10.1 Å². The van der Waals surface area contributed by atoms with Crippen molar-refractivity contribution < 1.29 is 4.79 Å². The summed E-state index contributed by atoms with van der Waals surface area (Å²) in [5, 5.41) is 1.21. The third kappa shape index (κ3) is 2.46. The molecule has 2 aromatic rings. The first-order chi connectivity index (χ1) is 9.29. The van der Waals surface area contributed by atoms with Crippen LogP contribution in [0, 0.1) is 11.8 Å². The molecule has 2 atom stereocenters. The van der Waals surface area contributed by atoms with E-state index in [9.17, 15) is 4.79 Å². The van der Waals surface area contributed by atoms with E-state index in [1.165, 1.54) is 29.3 Å². The maximum Gasteiger partial charge on any atom is 0.176 e. The van der Waals surface area contributed by atoms with Gasteiger partial charge in [0, 0.05) is 10.6 Å². The predicted octanol–water partition coefficient (Wildman–Crippen LogP) is 5.30. The average Bonchev–Trinajstić information content (AvgIpc) is 2.90. The number of carbonyl (C=O) groups is 1. The Kier molecular flexibility index (Phi) is 3.69. The number of hydrogen-bond donors (Lipinski definition) is 0. The van der Waals surface area contributed by atoms with Crippen molar-refractivity contribution in [2.24, 2.45) is 11.8 Å². The number of carbonyl (C=O) groups excluding carboxylic acids is 1. The van der Waals surface area contributed by atoms with Gasteiger partial charge in [-0.15, -0.1) is 11.3 Å². The lowest BCUT2D eigenvalue weighted by Crippen LogP contribution is -2.26. The fraction of sp³-hybridized carbons (Fsp3) is 0.471. The van der Waals surface area contributed by atoms with Gasteiger partial charge < -0.3 is 0 Å². The van der Waals surface area contributed by atoms with E-state index < -0.39 is 0 Å². The van der Waals surface area contributed by atoms with Gasteiger partial charge in [0.15, 0.2) is 5.78 Å². The average molecular weight is 272 g/mol. The molecule has 0 saturated heterocycles. The molecule has 1 nitrogen and oxygen atoms in total. The Balaban J connectivity index is 1.89. The molecular weight excluding hydrogens is 252 g/mol. The molecule has 19 heavy (non-hydrogen) atoms. The normalized spacial score (nSPS) is 23.6. The lowest BCUT2D eigenvalue weighted by molar-refractivity contribution is 0.0825. The Morgan fingerprint density at radius 2 is 2.05 bits per heavy atom. The van der Waals surface area contributed by atoms with Gasteiger partial charge in [0.05, 0.1) is 4.88 Å². The molecule has 0 N–H and O–H groups in total. The summed E-state index contributed by atoms with van der Waals surface area (Å²) in [6.45, 7) is 2.22. The Labute approximate surface area is 118 Å². The van der Waals surface area contributed by atoms with Crippen LogP contribution in [0.2, 0.25) is 0 Å².